The number of carboxylic acid groups (broad SMARTS) is 1. The molecule has 6 heteroatoms. The molecule has 3 aromatic rings. The molecular formula is C27H27NO4S. The fraction of sp³-hybridized carbons (Fsp3) is 0.333. The number of aryl methyl sites for hydroxylation is 2. The summed E-state index contributed by atoms with van der Waals surface area (Å²) in [4.78, 5) is 16.7. The minimum absolute atomic E-state index is 0.0230. The van der Waals surface area contributed by atoms with Gasteiger partial charge in [0.1, 0.15) is 11.9 Å². The Bertz CT molecular complexity index is 1220. The van der Waals surface area contributed by atoms with E-state index >= 15 is 0 Å². The molecule has 1 N–H and O–H groups in total. The van der Waals surface area contributed by atoms with E-state index in [0.717, 1.165) is 34.8 Å². The van der Waals surface area contributed by atoms with Crippen LogP contribution < -0.4 is 9.47 Å². The number of nitrogens with zero attached hydrogens (tertiary/aromatic N) is 1. The maximum Gasteiger partial charge on any atom is 0.303 e. The van der Waals surface area contributed by atoms with E-state index < -0.39 is 5.97 Å². The molecule has 5 nitrogen and oxygen atoms in total. The average Bonchev–Trinajstić information content (AvgIpc) is 3.37. The number of hydrogen-bond acceptors (Lipinski definition) is 5. The molecule has 33 heavy (non-hydrogen) atoms. The fourth-order valence-corrected chi connectivity index (χ4v) is 6.42. The SMILES string of the molecule is COc1cc(C)c(-c2cccc3c2CCC3Oc2cc3c(cn2)[C@H](CC(=O)O)CS3)c(C)c1. The molecular weight excluding hydrogens is 434 g/mol. The second-order valence-electron chi connectivity index (χ2n) is 8.82. The van der Waals surface area contributed by atoms with Crippen molar-refractivity contribution < 1.29 is 19.4 Å². The Morgan fingerprint density at radius 1 is 1.18 bits per heavy atom. The molecule has 1 aliphatic heterocycles. The van der Waals surface area contributed by atoms with Gasteiger partial charge in [0.2, 0.25) is 5.88 Å². The topological polar surface area (TPSA) is 68.7 Å². The van der Waals surface area contributed by atoms with Gasteiger partial charge in [-0.3, -0.25) is 4.79 Å². The molecule has 0 saturated carbocycles. The van der Waals surface area contributed by atoms with Crippen LogP contribution in [0.5, 0.6) is 11.6 Å². The van der Waals surface area contributed by atoms with E-state index in [4.69, 9.17) is 14.6 Å². The maximum absolute atomic E-state index is 11.1. The summed E-state index contributed by atoms with van der Waals surface area (Å²) in [6, 6.07) is 12.6. The number of benzene rings is 2. The van der Waals surface area contributed by atoms with Gasteiger partial charge in [0.25, 0.3) is 0 Å². The summed E-state index contributed by atoms with van der Waals surface area (Å²) in [5.74, 6) is 1.53. The Labute approximate surface area is 198 Å². The molecule has 2 aromatic carbocycles. The number of methoxy groups -OCH3 is 1. The third kappa shape index (κ3) is 4.08. The third-order valence-electron chi connectivity index (χ3n) is 6.66. The van der Waals surface area contributed by atoms with Crippen molar-refractivity contribution in [2.24, 2.45) is 0 Å². The van der Waals surface area contributed by atoms with Crippen molar-refractivity contribution in [3.63, 3.8) is 0 Å². The zero-order chi connectivity index (χ0) is 23.1. The van der Waals surface area contributed by atoms with Crippen molar-refractivity contribution in [1.82, 2.24) is 4.98 Å². The van der Waals surface area contributed by atoms with E-state index in [1.807, 2.05) is 6.07 Å². The number of aliphatic carboxylic acids is 1. The summed E-state index contributed by atoms with van der Waals surface area (Å²) < 4.78 is 11.8. The van der Waals surface area contributed by atoms with Gasteiger partial charge in [-0.05, 0) is 77.8 Å². The Morgan fingerprint density at radius 2 is 1.97 bits per heavy atom. The predicted molar refractivity (Wildman–Crippen MR) is 130 cm³/mol. The largest absolute Gasteiger partial charge is 0.497 e. The van der Waals surface area contributed by atoms with E-state index in [1.54, 1.807) is 25.1 Å². The van der Waals surface area contributed by atoms with Gasteiger partial charge >= 0.3 is 5.97 Å². The standard InChI is InChI=1S/C27H27NO4S/c1-15-9-18(31-3)10-16(2)27(15)21-6-4-5-20-19(21)7-8-23(20)32-25-12-24-22(13-28-25)17(14-33-24)11-26(29)30/h4-6,9-10,12-13,17,23H,7-8,11,14H2,1-3H3,(H,29,30)/t17-,23?/m1/s1. The molecule has 170 valence electrons. The molecule has 1 aromatic heterocycles. The van der Waals surface area contributed by atoms with Gasteiger partial charge in [0.05, 0.1) is 13.5 Å². The number of hydrogen-bond donors (Lipinski definition) is 1. The molecule has 0 radical (unpaired) electrons. The van der Waals surface area contributed by atoms with Crippen LogP contribution in [0.2, 0.25) is 0 Å². The number of pyridine rings is 1. The van der Waals surface area contributed by atoms with Crippen LogP contribution >= 0.6 is 11.8 Å². The van der Waals surface area contributed by atoms with Crippen molar-refractivity contribution in [1.29, 1.82) is 0 Å². The number of ether oxygens (including phenoxy) is 2. The first-order valence-corrected chi connectivity index (χ1v) is 12.2. The third-order valence-corrected chi connectivity index (χ3v) is 7.89. The lowest BCUT2D eigenvalue weighted by Gasteiger charge is -2.18. The first-order valence-electron chi connectivity index (χ1n) is 11.2. The highest BCUT2D eigenvalue weighted by molar-refractivity contribution is 7.99. The summed E-state index contributed by atoms with van der Waals surface area (Å²) in [6.45, 7) is 4.27. The van der Waals surface area contributed by atoms with Crippen LogP contribution in [0.3, 0.4) is 0 Å². The van der Waals surface area contributed by atoms with Gasteiger partial charge < -0.3 is 14.6 Å². The molecule has 1 aliphatic carbocycles. The molecule has 0 spiro atoms. The molecule has 0 saturated heterocycles. The van der Waals surface area contributed by atoms with Crippen molar-refractivity contribution in [3.05, 3.63) is 70.4 Å². The van der Waals surface area contributed by atoms with Gasteiger partial charge in [-0.15, -0.1) is 11.8 Å². The molecule has 1 unspecified atom stereocenters. The average molecular weight is 462 g/mol. The molecule has 2 heterocycles. The van der Waals surface area contributed by atoms with E-state index in [9.17, 15) is 4.79 Å². The van der Waals surface area contributed by atoms with E-state index in [-0.39, 0.29) is 18.4 Å². The zero-order valence-electron chi connectivity index (χ0n) is 19.1. The Morgan fingerprint density at radius 3 is 2.70 bits per heavy atom. The van der Waals surface area contributed by atoms with Gasteiger partial charge in [-0.25, -0.2) is 4.98 Å². The van der Waals surface area contributed by atoms with Crippen LogP contribution in [-0.2, 0) is 11.2 Å². The second-order valence-corrected chi connectivity index (χ2v) is 9.88. The molecule has 0 bridgehead atoms. The van der Waals surface area contributed by atoms with Gasteiger partial charge in [-0.2, -0.15) is 0 Å². The minimum Gasteiger partial charge on any atom is -0.497 e. The lowest BCUT2D eigenvalue weighted by Crippen LogP contribution is -2.07. The van der Waals surface area contributed by atoms with Gasteiger partial charge in [0.15, 0.2) is 0 Å². The molecule has 0 fully saturated rings. The highest BCUT2D eigenvalue weighted by atomic mass is 32.2. The first kappa shape index (κ1) is 21.8. The Kier molecular flexibility index (Phi) is 5.79. The van der Waals surface area contributed by atoms with E-state index in [2.05, 4.69) is 49.2 Å². The Hall–Kier alpha value is -2.99. The van der Waals surface area contributed by atoms with Crippen LogP contribution in [0.4, 0.5) is 0 Å². The van der Waals surface area contributed by atoms with Crippen LogP contribution in [0.25, 0.3) is 11.1 Å². The number of carboxylic acids is 1. The van der Waals surface area contributed by atoms with Crippen LogP contribution in [0, 0.1) is 13.8 Å². The molecule has 2 atom stereocenters. The highest BCUT2D eigenvalue weighted by Gasteiger charge is 2.30. The molecule has 5 rings (SSSR count). The number of fused-ring (bicyclic) bond motifs is 2. The monoisotopic (exact) mass is 461 g/mol. The zero-order valence-corrected chi connectivity index (χ0v) is 19.9. The Balaban J connectivity index is 1.42. The first-order chi connectivity index (χ1) is 15.9. The summed E-state index contributed by atoms with van der Waals surface area (Å²) in [6.07, 6.45) is 3.78. The van der Waals surface area contributed by atoms with Crippen LogP contribution in [0.15, 0.2) is 47.5 Å². The van der Waals surface area contributed by atoms with Gasteiger partial charge in [0, 0.05) is 28.8 Å². The highest BCUT2D eigenvalue weighted by Crippen LogP contribution is 2.45. The number of carbonyl (C=O) groups is 1. The lowest BCUT2D eigenvalue weighted by atomic mass is 9.90. The van der Waals surface area contributed by atoms with E-state index in [0.29, 0.717) is 5.88 Å². The number of thioether (sulfide) groups is 1. The van der Waals surface area contributed by atoms with Crippen LogP contribution in [-0.4, -0.2) is 28.9 Å². The molecule has 2 aliphatic rings. The van der Waals surface area contributed by atoms with Crippen molar-refractivity contribution >= 4 is 17.7 Å². The van der Waals surface area contributed by atoms with Crippen molar-refractivity contribution in [2.45, 2.75) is 50.0 Å². The number of aromatic nitrogens is 1. The van der Waals surface area contributed by atoms with E-state index in [1.165, 1.54) is 33.4 Å². The quantitative estimate of drug-likeness (QED) is 0.478. The van der Waals surface area contributed by atoms with Gasteiger partial charge in [-0.1, -0.05) is 18.2 Å². The van der Waals surface area contributed by atoms with Crippen LogP contribution in [0.1, 0.15) is 52.7 Å². The lowest BCUT2D eigenvalue weighted by molar-refractivity contribution is -0.137. The normalized spacial score (nSPS) is 18.6. The fourth-order valence-electron chi connectivity index (χ4n) is 5.17. The smallest absolute Gasteiger partial charge is 0.303 e. The second kappa shape index (κ2) is 8.75. The van der Waals surface area contributed by atoms with Crippen molar-refractivity contribution in [2.75, 3.05) is 12.9 Å². The predicted octanol–water partition coefficient (Wildman–Crippen LogP) is 6.10. The summed E-state index contributed by atoms with van der Waals surface area (Å²) >= 11 is 1.69. The van der Waals surface area contributed by atoms with Crippen molar-refractivity contribution in [3.8, 4) is 22.8 Å². The number of rotatable bonds is 6. The summed E-state index contributed by atoms with van der Waals surface area (Å²) in [5, 5.41) is 9.14. The minimum atomic E-state index is -0.769. The summed E-state index contributed by atoms with van der Waals surface area (Å²) in [7, 11) is 1.70. The maximum atomic E-state index is 11.1. The summed E-state index contributed by atoms with van der Waals surface area (Å²) in [5.41, 5.74) is 8.54. The molecule has 0 amide bonds.